The van der Waals surface area contributed by atoms with Gasteiger partial charge in [-0.05, 0) is 57.2 Å². The van der Waals surface area contributed by atoms with Crippen molar-refractivity contribution >= 4 is 16.9 Å². The summed E-state index contributed by atoms with van der Waals surface area (Å²) < 4.78 is 8.10. The smallest absolute Gasteiger partial charge is 0.227 e. The van der Waals surface area contributed by atoms with Crippen LogP contribution in [-0.4, -0.2) is 32.1 Å². The van der Waals surface area contributed by atoms with Crippen LogP contribution in [0.3, 0.4) is 0 Å². The summed E-state index contributed by atoms with van der Waals surface area (Å²) in [4.78, 5) is 15.0. The van der Waals surface area contributed by atoms with Gasteiger partial charge in [-0.25, -0.2) is 0 Å². The zero-order chi connectivity index (χ0) is 19.6. The van der Waals surface area contributed by atoms with Gasteiger partial charge in [0.15, 0.2) is 5.82 Å². The number of carbonyl (C=O) groups excluding carboxylic acids is 1. The van der Waals surface area contributed by atoms with Gasteiger partial charge in [-0.15, -0.1) is 10.2 Å². The highest BCUT2D eigenvalue weighted by Gasteiger charge is 2.35. The Morgan fingerprint density at radius 3 is 2.75 bits per heavy atom. The zero-order valence-corrected chi connectivity index (χ0v) is 17.0. The van der Waals surface area contributed by atoms with Crippen LogP contribution >= 0.6 is 0 Å². The number of furan rings is 1. The van der Waals surface area contributed by atoms with Gasteiger partial charge in [-0.3, -0.25) is 4.79 Å². The number of hydrogen-bond acceptors (Lipinski definition) is 4. The molecule has 146 valence electrons. The molecule has 0 radical (unpaired) electrons. The van der Waals surface area contributed by atoms with E-state index in [1.807, 2.05) is 4.90 Å². The Labute approximate surface area is 164 Å². The topological polar surface area (TPSA) is 64.2 Å². The molecule has 5 rings (SSSR count). The van der Waals surface area contributed by atoms with Crippen molar-refractivity contribution in [3.05, 3.63) is 46.2 Å². The van der Waals surface area contributed by atoms with Crippen molar-refractivity contribution in [1.29, 1.82) is 0 Å². The third-order valence-corrected chi connectivity index (χ3v) is 6.31. The fourth-order valence-electron chi connectivity index (χ4n) is 4.56. The molecule has 3 aromatic rings. The SMILES string of the molecule is Cc1cc(C)c2c(CC(=O)N3Cc4nnc(C5CC5)n4[C@@H](C)C3)coc2c1C. The van der Waals surface area contributed by atoms with Crippen LogP contribution < -0.4 is 0 Å². The van der Waals surface area contributed by atoms with E-state index in [0.717, 1.165) is 39.3 Å². The van der Waals surface area contributed by atoms with Gasteiger partial charge in [0.25, 0.3) is 0 Å². The molecule has 1 amide bonds. The Morgan fingerprint density at radius 2 is 2.00 bits per heavy atom. The maximum Gasteiger partial charge on any atom is 0.227 e. The van der Waals surface area contributed by atoms with E-state index in [0.29, 0.717) is 25.4 Å². The lowest BCUT2D eigenvalue weighted by Crippen LogP contribution is -2.41. The number of hydrogen-bond donors (Lipinski definition) is 0. The minimum absolute atomic E-state index is 0.120. The van der Waals surface area contributed by atoms with Crippen molar-refractivity contribution in [2.45, 2.75) is 65.5 Å². The molecule has 1 aromatic carbocycles. The van der Waals surface area contributed by atoms with Gasteiger partial charge in [-0.2, -0.15) is 0 Å². The molecular formula is C22H26N4O2. The minimum atomic E-state index is 0.120. The predicted octanol–water partition coefficient (Wildman–Crippen LogP) is 3.97. The van der Waals surface area contributed by atoms with Crippen LogP contribution in [0.25, 0.3) is 11.0 Å². The number of amides is 1. The van der Waals surface area contributed by atoms with Gasteiger partial charge in [0.2, 0.25) is 5.91 Å². The monoisotopic (exact) mass is 378 g/mol. The first-order valence-corrected chi connectivity index (χ1v) is 10.1. The molecule has 1 atom stereocenters. The molecule has 1 aliphatic carbocycles. The summed E-state index contributed by atoms with van der Waals surface area (Å²) in [5.74, 6) is 2.71. The van der Waals surface area contributed by atoms with Crippen LogP contribution in [0.1, 0.15) is 65.6 Å². The Balaban J connectivity index is 1.40. The van der Waals surface area contributed by atoms with Crippen molar-refractivity contribution < 1.29 is 9.21 Å². The number of aromatic nitrogens is 3. The van der Waals surface area contributed by atoms with Gasteiger partial charge in [0.05, 0.1) is 25.3 Å². The fraction of sp³-hybridized carbons (Fsp3) is 0.500. The summed E-state index contributed by atoms with van der Waals surface area (Å²) in [5, 5.41) is 9.88. The van der Waals surface area contributed by atoms with Crippen LogP contribution in [0.4, 0.5) is 0 Å². The molecule has 2 aromatic heterocycles. The van der Waals surface area contributed by atoms with Gasteiger partial charge < -0.3 is 13.9 Å². The number of benzene rings is 1. The molecule has 28 heavy (non-hydrogen) atoms. The number of rotatable bonds is 3. The van der Waals surface area contributed by atoms with E-state index in [1.165, 1.54) is 18.4 Å². The summed E-state index contributed by atoms with van der Waals surface area (Å²) in [6.45, 7) is 9.65. The van der Waals surface area contributed by atoms with Gasteiger partial charge >= 0.3 is 0 Å². The first kappa shape index (κ1) is 17.5. The minimum Gasteiger partial charge on any atom is -0.464 e. The van der Waals surface area contributed by atoms with Crippen LogP contribution in [0, 0.1) is 20.8 Å². The lowest BCUT2D eigenvalue weighted by Gasteiger charge is -2.32. The quantitative estimate of drug-likeness (QED) is 0.692. The number of carbonyl (C=O) groups is 1. The van der Waals surface area contributed by atoms with Gasteiger partial charge in [0.1, 0.15) is 11.4 Å². The maximum atomic E-state index is 13.1. The Hall–Kier alpha value is -2.63. The predicted molar refractivity (Wildman–Crippen MR) is 106 cm³/mol. The maximum absolute atomic E-state index is 13.1. The lowest BCUT2D eigenvalue weighted by molar-refractivity contribution is -0.132. The van der Waals surface area contributed by atoms with Crippen molar-refractivity contribution in [1.82, 2.24) is 19.7 Å². The molecule has 0 bridgehead atoms. The number of aryl methyl sites for hydroxylation is 3. The molecule has 1 fully saturated rings. The molecule has 2 aliphatic rings. The normalized spacial score (nSPS) is 19.3. The summed E-state index contributed by atoms with van der Waals surface area (Å²) in [7, 11) is 0. The zero-order valence-electron chi connectivity index (χ0n) is 17.0. The second-order valence-corrected chi connectivity index (χ2v) is 8.52. The van der Waals surface area contributed by atoms with E-state index in [1.54, 1.807) is 6.26 Å². The molecule has 1 aliphatic heterocycles. The van der Waals surface area contributed by atoms with E-state index in [-0.39, 0.29) is 11.9 Å². The molecular weight excluding hydrogens is 352 g/mol. The highest BCUT2D eigenvalue weighted by molar-refractivity contribution is 5.92. The summed E-state index contributed by atoms with van der Waals surface area (Å²) in [5.41, 5.74) is 5.40. The highest BCUT2D eigenvalue weighted by Crippen LogP contribution is 2.41. The molecule has 6 heteroatoms. The largest absolute Gasteiger partial charge is 0.464 e. The van der Waals surface area contributed by atoms with Crippen LogP contribution in [0.5, 0.6) is 0 Å². The van der Waals surface area contributed by atoms with Crippen molar-refractivity contribution in [3.63, 3.8) is 0 Å². The number of nitrogens with zero attached hydrogens (tertiary/aromatic N) is 4. The van der Waals surface area contributed by atoms with Crippen LogP contribution in [-0.2, 0) is 17.8 Å². The summed E-state index contributed by atoms with van der Waals surface area (Å²) >= 11 is 0. The first-order valence-electron chi connectivity index (χ1n) is 10.1. The van der Waals surface area contributed by atoms with E-state index in [2.05, 4.69) is 48.5 Å². The Bertz CT molecular complexity index is 1090. The van der Waals surface area contributed by atoms with Crippen molar-refractivity contribution in [3.8, 4) is 0 Å². The van der Waals surface area contributed by atoms with Crippen LogP contribution in [0.2, 0.25) is 0 Å². The second-order valence-electron chi connectivity index (χ2n) is 8.52. The molecule has 6 nitrogen and oxygen atoms in total. The molecule has 0 unspecified atom stereocenters. The van der Waals surface area contributed by atoms with Crippen molar-refractivity contribution in [2.24, 2.45) is 0 Å². The first-order chi connectivity index (χ1) is 13.4. The van der Waals surface area contributed by atoms with E-state index >= 15 is 0 Å². The molecule has 0 saturated heterocycles. The molecule has 3 heterocycles. The molecule has 0 spiro atoms. The molecule has 0 N–H and O–H groups in total. The van der Waals surface area contributed by atoms with E-state index in [4.69, 9.17) is 4.42 Å². The second kappa shape index (κ2) is 6.19. The van der Waals surface area contributed by atoms with Gasteiger partial charge in [0, 0.05) is 23.4 Å². The van der Waals surface area contributed by atoms with Crippen LogP contribution in [0.15, 0.2) is 16.7 Å². The Kier molecular flexibility index (Phi) is 3.86. The summed E-state index contributed by atoms with van der Waals surface area (Å²) in [6.07, 6.45) is 4.52. The third kappa shape index (κ3) is 2.65. The summed E-state index contributed by atoms with van der Waals surface area (Å²) in [6, 6.07) is 2.39. The van der Waals surface area contributed by atoms with Gasteiger partial charge in [-0.1, -0.05) is 6.07 Å². The van der Waals surface area contributed by atoms with E-state index in [9.17, 15) is 4.79 Å². The highest BCUT2D eigenvalue weighted by atomic mass is 16.3. The van der Waals surface area contributed by atoms with E-state index < -0.39 is 0 Å². The Morgan fingerprint density at radius 1 is 1.21 bits per heavy atom. The average molecular weight is 378 g/mol. The molecule has 1 saturated carbocycles. The lowest BCUT2D eigenvalue weighted by atomic mass is 9.98. The van der Waals surface area contributed by atoms with Crippen molar-refractivity contribution in [2.75, 3.05) is 6.54 Å². The average Bonchev–Trinajstić information content (AvgIpc) is 3.26. The number of fused-ring (bicyclic) bond motifs is 2. The standard InChI is InChI=1S/C22H26N4O2/c1-12-7-13(2)20-17(11-28-21(20)15(12)4)8-19(27)25-9-14(3)26-18(10-25)23-24-22(26)16-5-6-16/h7,11,14,16H,5-6,8-10H2,1-4H3/t14-/m0/s1. The third-order valence-electron chi connectivity index (χ3n) is 6.31. The fourth-order valence-corrected chi connectivity index (χ4v) is 4.56.